The molecule has 1 saturated heterocycles. The van der Waals surface area contributed by atoms with Gasteiger partial charge in [0.2, 0.25) is 0 Å². The van der Waals surface area contributed by atoms with Gasteiger partial charge in [-0.05, 0) is 87.8 Å². The summed E-state index contributed by atoms with van der Waals surface area (Å²) in [4.78, 5) is 9.17. The van der Waals surface area contributed by atoms with Crippen molar-refractivity contribution in [1.82, 2.24) is 24.7 Å². The highest BCUT2D eigenvalue weighted by molar-refractivity contribution is 9.10. The second-order valence-electron chi connectivity index (χ2n) is 7.76. The normalized spacial score (nSPS) is 18.8. The van der Waals surface area contributed by atoms with Crippen molar-refractivity contribution in [2.24, 2.45) is 0 Å². The molecule has 0 bridgehead atoms. The summed E-state index contributed by atoms with van der Waals surface area (Å²) in [7, 11) is 4.21. The highest BCUT2D eigenvalue weighted by Gasteiger charge is 2.40. The summed E-state index contributed by atoms with van der Waals surface area (Å²) in [6.07, 6.45) is 5.01. The largest absolute Gasteiger partial charge is 0.352 e. The predicted octanol–water partition coefficient (Wildman–Crippen LogP) is 4.56. The summed E-state index contributed by atoms with van der Waals surface area (Å²) in [6.45, 7) is 1.91. The number of rotatable bonds is 7. The number of nitrogens with one attached hydrogen (secondary N) is 1. The molecule has 1 fully saturated rings. The zero-order valence-electron chi connectivity index (χ0n) is 17.2. The molecule has 0 radical (unpaired) electrons. The molecule has 2 aromatic heterocycles. The van der Waals surface area contributed by atoms with E-state index in [1.54, 1.807) is 0 Å². The maximum Gasteiger partial charge on any atom is 0.170 e. The average Bonchev–Trinajstić information content (AvgIpc) is 3.34. The second-order valence-corrected chi connectivity index (χ2v) is 9.06. The first-order valence-electron chi connectivity index (χ1n) is 10.1. The zero-order chi connectivity index (χ0) is 21.1. The Morgan fingerprint density at radius 2 is 1.90 bits per heavy atom. The van der Waals surface area contributed by atoms with Crippen LogP contribution in [0.25, 0.3) is 5.69 Å². The summed E-state index contributed by atoms with van der Waals surface area (Å²) in [6, 6.07) is 18.8. The lowest BCUT2D eigenvalue weighted by molar-refractivity contribution is 0.286. The van der Waals surface area contributed by atoms with Crippen LogP contribution in [0.2, 0.25) is 0 Å². The number of thiocarbonyl (C=S) groups is 1. The van der Waals surface area contributed by atoms with Gasteiger partial charge in [-0.3, -0.25) is 4.98 Å². The third kappa shape index (κ3) is 4.43. The van der Waals surface area contributed by atoms with Crippen molar-refractivity contribution in [2.75, 3.05) is 27.2 Å². The van der Waals surface area contributed by atoms with Crippen LogP contribution in [-0.4, -0.2) is 51.6 Å². The topological polar surface area (TPSA) is 36.3 Å². The number of nitrogens with zero attached hydrogens (tertiary/aromatic N) is 4. The van der Waals surface area contributed by atoms with Gasteiger partial charge in [-0.25, -0.2) is 0 Å². The van der Waals surface area contributed by atoms with Crippen molar-refractivity contribution >= 4 is 33.3 Å². The summed E-state index contributed by atoms with van der Waals surface area (Å²) in [5.41, 5.74) is 3.33. The molecule has 1 N–H and O–H groups in total. The van der Waals surface area contributed by atoms with E-state index in [2.05, 4.69) is 103 Å². The van der Waals surface area contributed by atoms with E-state index in [0.717, 1.165) is 40.5 Å². The van der Waals surface area contributed by atoms with E-state index in [-0.39, 0.29) is 12.1 Å². The minimum atomic E-state index is 0.00199. The highest BCUT2D eigenvalue weighted by atomic mass is 79.9. The SMILES string of the molecule is CN(C)CCCN1C(=S)NC(c2ccccn2)C1c1cccn1-c1ccc(Br)cc1. The number of halogens is 1. The van der Waals surface area contributed by atoms with Crippen LogP contribution >= 0.6 is 28.1 Å². The Hall–Kier alpha value is -2.22. The second kappa shape index (κ2) is 9.29. The first kappa shape index (κ1) is 21.0. The molecule has 7 heteroatoms. The molecule has 0 amide bonds. The van der Waals surface area contributed by atoms with Gasteiger partial charge < -0.3 is 19.7 Å². The number of pyridine rings is 1. The molecule has 1 aliphatic heterocycles. The minimum absolute atomic E-state index is 0.00199. The maximum absolute atomic E-state index is 5.78. The van der Waals surface area contributed by atoms with Crippen molar-refractivity contribution in [1.29, 1.82) is 0 Å². The van der Waals surface area contributed by atoms with Gasteiger partial charge in [-0.2, -0.15) is 0 Å². The van der Waals surface area contributed by atoms with Gasteiger partial charge in [0.05, 0.1) is 17.8 Å². The molecule has 4 rings (SSSR count). The van der Waals surface area contributed by atoms with Crippen molar-refractivity contribution in [2.45, 2.75) is 18.5 Å². The number of aromatic nitrogens is 2. The lowest BCUT2D eigenvalue weighted by Gasteiger charge is -2.29. The summed E-state index contributed by atoms with van der Waals surface area (Å²) < 4.78 is 3.32. The molecule has 2 unspecified atom stereocenters. The third-order valence-corrected chi connectivity index (χ3v) is 6.27. The Morgan fingerprint density at radius 1 is 1.10 bits per heavy atom. The summed E-state index contributed by atoms with van der Waals surface area (Å²) in [5.74, 6) is 0. The van der Waals surface area contributed by atoms with Crippen LogP contribution in [0.3, 0.4) is 0 Å². The Balaban J connectivity index is 1.73. The lowest BCUT2D eigenvalue weighted by atomic mass is 10.0. The van der Waals surface area contributed by atoms with E-state index in [9.17, 15) is 0 Å². The molecule has 0 saturated carbocycles. The van der Waals surface area contributed by atoms with Crippen LogP contribution < -0.4 is 5.32 Å². The third-order valence-electron chi connectivity index (χ3n) is 5.39. The van der Waals surface area contributed by atoms with Crippen molar-refractivity contribution in [3.05, 3.63) is 82.9 Å². The van der Waals surface area contributed by atoms with E-state index in [0.29, 0.717) is 0 Å². The number of hydrogen-bond donors (Lipinski definition) is 1. The zero-order valence-corrected chi connectivity index (χ0v) is 19.6. The fraction of sp³-hybridized carbons (Fsp3) is 0.304. The predicted molar refractivity (Wildman–Crippen MR) is 129 cm³/mol. The molecule has 156 valence electrons. The van der Waals surface area contributed by atoms with Crippen LogP contribution in [0.5, 0.6) is 0 Å². The Kier molecular flexibility index (Phi) is 6.51. The van der Waals surface area contributed by atoms with Gasteiger partial charge in [0.15, 0.2) is 5.11 Å². The Morgan fingerprint density at radius 3 is 2.60 bits per heavy atom. The molecule has 30 heavy (non-hydrogen) atoms. The minimum Gasteiger partial charge on any atom is -0.352 e. The molecule has 1 aromatic carbocycles. The average molecular weight is 484 g/mol. The van der Waals surface area contributed by atoms with Crippen molar-refractivity contribution < 1.29 is 0 Å². The Bertz CT molecular complexity index is 986. The van der Waals surface area contributed by atoms with Crippen LogP contribution in [0.4, 0.5) is 0 Å². The van der Waals surface area contributed by atoms with E-state index in [4.69, 9.17) is 12.2 Å². The van der Waals surface area contributed by atoms with Gasteiger partial charge in [0.1, 0.15) is 0 Å². The van der Waals surface area contributed by atoms with Crippen LogP contribution in [0.15, 0.2) is 71.5 Å². The fourth-order valence-corrected chi connectivity index (χ4v) is 4.59. The number of benzene rings is 1. The van der Waals surface area contributed by atoms with E-state index < -0.39 is 0 Å². The monoisotopic (exact) mass is 483 g/mol. The molecule has 5 nitrogen and oxygen atoms in total. The first-order valence-corrected chi connectivity index (χ1v) is 11.3. The van der Waals surface area contributed by atoms with Crippen molar-refractivity contribution in [3.8, 4) is 5.69 Å². The highest BCUT2D eigenvalue weighted by Crippen LogP contribution is 2.39. The fourth-order valence-electron chi connectivity index (χ4n) is 4.00. The molecular weight excluding hydrogens is 458 g/mol. The van der Waals surface area contributed by atoms with E-state index in [1.807, 2.05) is 18.3 Å². The lowest BCUT2D eigenvalue weighted by Crippen LogP contribution is -2.32. The number of hydrogen-bond acceptors (Lipinski definition) is 3. The van der Waals surface area contributed by atoms with Crippen molar-refractivity contribution in [3.63, 3.8) is 0 Å². The first-order chi connectivity index (χ1) is 14.5. The van der Waals surface area contributed by atoms with Gasteiger partial charge in [0, 0.05) is 34.8 Å². The molecule has 1 aliphatic rings. The van der Waals surface area contributed by atoms with Gasteiger partial charge in [-0.15, -0.1) is 0 Å². The molecular formula is C23H26BrN5S. The maximum atomic E-state index is 5.78. The quantitative estimate of drug-likeness (QED) is 0.498. The molecule has 3 aromatic rings. The Labute approximate surface area is 191 Å². The van der Waals surface area contributed by atoms with E-state index in [1.165, 1.54) is 5.69 Å². The van der Waals surface area contributed by atoms with Crippen LogP contribution in [0, 0.1) is 0 Å². The van der Waals surface area contributed by atoms with Gasteiger partial charge >= 0.3 is 0 Å². The van der Waals surface area contributed by atoms with Gasteiger partial charge in [0.25, 0.3) is 0 Å². The van der Waals surface area contributed by atoms with Crippen LogP contribution in [0.1, 0.15) is 29.9 Å². The van der Waals surface area contributed by atoms with Crippen LogP contribution in [-0.2, 0) is 0 Å². The van der Waals surface area contributed by atoms with Gasteiger partial charge in [-0.1, -0.05) is 22.0 Å². The smallest absolute Gasteiger partial charge is 0.170 e. The molecule has 0 spiro atoms. The van der Waals surface area contributed by atoms with E-state index >= 15 is 0 Å². The summed E-state index contributed by atoms with van der Waals surface area (Å²) >= 11 is 9.32. The molecule has 2 atom stereocenters. The summed E-state index contributed by atoms with van der Waals surface area (Å²) in [5, 5.41) is 4.33. The molecule has 0 aliphatic carbocycles. The standard InChI is InChI=1S/C23H26BrN5S/c1-27(2)14-6-16-29-22(21(26-23(29)30)19-7-3-4-13-25-19)20-8-5-15-28(20)18-11-9-17(24)10-12-18/h3-5,7-13,15,21-22H,6,14,16H2,1-2H3,(H,26,30). The molecule has 3 heterocycles.